The highest BCUT2D eigenvalue weighted by Gasteiger charge is 2.29. The van der Waals surface area contributed by atoms with Crippen molar-refractivity contribution in [1.82, 2.24) is 10.6 Å². The van der Waals surface area contributed by atoms with Gasteiger partial charge in [-0.1, -0.05) is 62.4 Å². The van der Waals surface area contributed by atoms with E-state index >= 15 is 0 Å². The molecule has 1 unspecified atom stereocenters. The van der Waals surface area contributed by atoms with Crippen LogP contribution >= 0.6 is 0 Å². The van der Waals surface area contributed by atoms with Gasteiger partial charge < -0.3 is 25.6 Å². The van der Waals surface area contributed by atoms with Gasteiger partial charge >= 0.3 is 12.1 Å². The summed E-state index contributed by atoms with van der Waals surface area (Å²) in [5.74, 6) is -1.55. The zero-order valence-electron chi connectivity index (χ0n) is 20.2. The Kier molecular flexibility index (Phi) is 9.25. The molecule has 1 aliphatic carbocycles. The molecule has 0 heterocycles. The van der Waals surface area contributed by atoms with Crippen LogP contribution < -0.4 is 10.6 Å². The number of hydrogen-bond donors (Lipinski definition) is 4. The maximum Gasteiger partial charge on any atom is 0.407 e. The van der Waals surface area contributed by atoms with E-state index < -0.39 is 24.0 Å². The van der Waals surface area contributed by atoms with Crippen LogP contribution in [0.4, 0.5) is 4.79 Å². The first-order valence-electron chi connectivity index (χ1n) is 12.0. The molecule has 0 radical (unpaired) electrons. The lowest BCUT2D eigenvalue weighted by Crippen LogP contribution is -2.43. The lowest BCUT2D eigenvalue weighted by Gasteiger charge is -2.21. The van der Waals surface area contributed by atoms with Crippen molar-refractivity contribution in [1.29, 1.82) is 0 Å². The number of aliphatic hydroxyl groups excluding tert-OH is 1. The lowest BCUT2D eigenvalue weighted by atomic mass is 9.93. The summed E-state index contributed by atoms with van der Waals surface area (Å²) in [7, 11) is 0. The molecule has 2 amide bonds. The molecule has 0 aliphatic heterocycles. The van der Waals surface area contributed by atoms with E-state index in [4.69, 9.17) is 9.84 Å². The smallest absolute Gasteiger partial charge is 0.407 e. The number of alkyl carbamates (subject to hydrolysis) is 1. The fourth-order valence-electron chi connectivity index (χ4n) is 4.68. The highest BCUT2D eigenvalue weighted by Crippen LogP contribution is 2.44. The van der Waals surface area contributed by atoms with E-state index in [-0.39, 0.29) is 50.4 Å². The third-order valence-corrected chi connectivity index (χ3v) is 6.21. The van der Waals surface area contributed by atoms with Gasteiger partial charge in [-0.2, -0.15) is 0 Å². The normalized spacial score (nSPS) is 14.1. The summed E-state index contributed by atoms with van der Waals surface area (Å²) in [6.45, 7) is 4.14. The Balaban J connectivity index is 1.55. The second kappa shape index (κ2) is 12.4. The maximum atomic E-state index is 12.5. The first-order valence-corrected chi connectivity index (χ1v) is 12.0. The van der Waals surface area contributed by atoms with E-state index in [1.54, 1.807) is 0 Å². The van der Waals surface area contributed by atoms with Gasteiger partial charge in [0, 0.05) is 31.9 Å². The standard InChI is InChI=1S/C27H34N2O6/c1-17(2)13-18(14-25(31)29-24(11-12-30)26(32)33)15-28-27(34)35-16-23-21-9-5-3-7-19(21)20-8-4-6-10-22(20)23/h3-10,17-18,23-24,30H,11-16H2,1-2H3,(H,28,34)(H,29,31)(H,32,33)/t18-,24?/m0/s1. The second-order valence-electron chi connectivity index (χ2n) is 9.38. The predicted molar refractivity (Wildman–Crippen MR) is 132 cm³/mol. The summed E-state index contributed by atoms with van der Waals surface area (Å²) >= 11 is 0. The predicted octanol–water partition coefficient (Wildman–Crippen LogP) is 3.53. The quantitative estimate of drug-likeness (QED) is 0.367. The summed E-state index contributed by atoms with van der Waals surface area (Å²) in [6.07, 6.45) is 0.129. The van der Waals surface area contributed by atoms with Gasteiger partial charge in [0.15, 0.2) is 0 Å². The van der Waals surface area contributed by atoms with E-state index in [0.717, 1.165) is 22.3 Å². The van der Waals surface area contributed by atoms with Crippen molar-refractivity contribution in [3.8, 4) is 11.1 Å². The summed E-state index contributed by atoms with van der Waals surface area (Å²) in [6, 6.07) is 15.1. The van der Waals surface area contributed by atoms with Crippen LogP contribution in [-0.2, 0) is 14.3 Å². The molecule has 8 nitrogen and oxygen atoms in total. The topological polar surface area (TPSA) is 125 Å². The molecule has 2 aromatic carbocycles. The van der Waals surface area contributed by atoms with Crippen LogP contribution in [0.3, 0.4) is 0 Å². The van der Waals surface area contributed by atoms with E-state index in [9.17, 15) is 19.5 Å². The largest absolute Gasteiger partial charge is 0.480 e. The Bertz CT molecular complexity index is 992. The fourth-order valence-corrected chi connectivity index (χ4v) is 4.68. The molecule has 3 rings (SSSR count). The molecule has 1 aliphatic rings. The number of rotatable bonds is 12. The molecule has 4 N–H and O–H groups in total. The van der Waals surface area contributed by atoms with Gasteiger partial charge in [0.1, 0.15) is 12.6 Å². The Labute approximate surface area is 205 Å². The Morgan fingerprint density at radius 3 is 2.14 bits per heavy atom. The summed E-state index contributed by atoms with van der Waals surface area (Å²) in [5.41, 5.74) is 4.57. The third kappa shape index (κ3) is 7.05. The van der Waals surface area contributed by atoms with Crippen LogP contribution in [0.15, 0.2) is 48.5 Å². The van der Waals surface area contributed by atoms with Crippen LogP contribution in [0.5, 0.6) is 0 Å². The minimum atomic E-state index is -1.19. The molecule has 0 spiro atoms. The van der Waals surface area contributed by atoms with E-state index in [2.05, 4.69) is 34.9 Å². The molecule has 0 saturated heterocycles. The van der Waals surface area contributed by atoms with E-state index in [1.165, 1.54) is 0 Å². The Morgan fingerprint density at radius 1 is 1.00 bits per heavy atom. The first kappa shape index (κ1) is 26.2. The molecular formula is C27H34N2O6. The van der Waals surface area contributed by atoms with Crippen molar-refractivity contribution in [3.05, 3.63) is 59.7 Å². The molecule has 188 valence electrons. The maximum absolute atomic E-state index is 12.5. The molecule has 2 atom stereocenters. The molecule has 0 fully saturated rings. The van der Waals surface area contributed by atoms with Gasteiger partial charge in [0.05, 0.1) is 0 Å². The van der Waals surface area contributed by atoms with Gasteiger partial charge in [-0.3, -0.25) is 4.79 Å². The molecule has 8 heteroatoms. The lowest BCUT2D eigenvalue weighted by molar-refractivity contribution is -0.142. The number of benzene rings is 2. The fraction of sp³-hybridized carbons (Fsp3) is 0.444. The average molecular weight is 483 g/mol. The van der Waals surface area contributed by atoms with Crippen LogP contribution in [0.1, 0.15) is 50.2 Å². The van der Waals surface area contributed by atoms with Crippen molar-refractivity contribution in [2.45, 2.75) is 45.1 Å². The molecule has 2 aromatic rings. The molecular weight excluding hydrogens is 448 g/mol. The highest BCUT2D eigenvalue weighted by atomic mass is 16.5. The van der Waals surface area contributed by atoms with Crippen LogP contribution in [0.2, 0.25) is 0 Å². The van der Waals surface area contributed by atoms with Gasteiger partial charge in [-0.15, -0.1) is 0 Å². The van der Waals surface area contributed by atoms with Gasteiger partial charge in [0.25, 0.3) is 0 Å². The van der Waals surface area contributed by atoms with Crippen LogP contribution in [-0.4, -0.2) is 54.0 Å². The number of carboxylic acid groups (broad SMARTS) is 1. The van der Waals surface area contributed by atoms with Crippen molar-refractivity contribution in [2.75, 3.05) is 19.8 Å². The molecule has 35 heavy (non-hydrogen) atoms. The number of ether oxygens (including phenoxy) is 1. The minimum Gasteiger partial charge on any atom is -0.480 e. The minimum absolute atomic E-state index is 0.0372. The molecule has 0 aromatic heterocycles. The Hall–Kier alpha value is -3.39. The van der Waals surface area contributed by atoms with Crippen molar-refractivity contribution in [3.63, 3.8) is 0 Å². The molecule has 0 saturated carbocycles. The zero-order chi connectivity index (χ0) is 25.4. The van der Waals surface area contributed by atoms with Gasteiger partial charge in [-0.25, -0.2) is 9.59 Å². The zero-order valence-corrected chi connectivity index (χ0v) is 20.2. The average Bonchev–Trinajstić information content (AvgIpc) is 3.14. The Morgan fingerprint density at radius 2 is 1.60 bits per heavy atom. The number of fused-ring (bicyclic) bond motifs is 3. The second-order valence-corrected chi connectivity index (χ2v) is 9.38. The monoisotopic (exact) mass is 482 g/mol. The number of nitrogens with one attached hydrogen (secondary N) is 2. The van der Waals surface area contributed by atoms with Crippen molar-refractivity contribution >= 4 is 18.0 Å². The summed E-state index contributed by atoms with van der Waals surface area (Å²) < 4.78 is 5.57. The van der Waals surface area contributed by atoms with E-state index in [1.807, 2.05) is 38.1 Å². The number of carbonyl (C=O) groups is 3. The highest BCUT2D eigenvalue weighted by molar-refractivity contribution is 5.83. The van der Waals surface area contributed by atoms with Crippen molar-refractivity contribution < 1.29 is 29.3 Å². The number of carboxylic acids is 1. The number of aliphatic carboxylic acids is 1. The van der Waals surface area contributed by atoms with Crippen LogP contribution in [0.25, 0.3) is 11.1 Å². The van der Waals surface area contributed by atoms with E-state index in [0.29, 0.717) is 6.42 Å². The van der Waals surface area contributed by atoms with Gasteiger partial charge in [-0.05, 0) is 40.5 Å². The third-order valence-electron chi connectivity index (χ3n) is 6.21. The van der Waals surface area contributed by atoms with Crippen molar-refractivity contribution in [2.24, 2.45) is 11.8 Å². The van der Waals surface area contributed by atoms with Gasteiger partial charge in [0.2, 0.25) is 5.91 Å². The first-order chi connectivity index (χ1) is 16.8. The number of carbonyl (C=O) groups excluding carboxylic acids is 2. The SMILES string of the molecule is CC(C)C[C@H](CNC(=O)OCC1c2ccccc2-c2ccccc21)CC(=O)NC(CCO)C(=O)O. The van der Waals surface area contributed by atoms with Crippen LogP contribution in [0, 0.1) is 11.8 Å². The molecule has 0 bridgehead atoms. The number of hydrogen-bond acceptors (Lipinski definition) is 5. The summed E-state index contributed by atoms with van der Waals surface area (Å²) in [4.78, 5) is 36.2. The number of aliphatic hydroxyl groups is 1. The number of amides is 2. The summed E-state index contributed by atoms with van der Waals surface area (Å²) in [5, 5.41) is 23.4.